The van der Waals surface area contributed by atoms with Crippen molar-refractivity contribution >= 4 is 29.1 Å². The van der Waals surface area contributed by atoms with Crippen LogP contribution in [0, 0.1) is 12.8 Å². The predicted octanol–water partition coefficient (Wildman–Crippen LogP) is 2.25. The molecule has 6 heteroatoms. The molecule has 0 aliphatic heterocycles. The number of nitrogens with one attached hydrogen (secondary N) is 2. The van der Waals surface area contributed by atoms with Crippen molar-refractivity contribution in [2.75, 3.05) is 11.9 Å². The summed E-state index contributed by atoms with van der Waals surface area (Å²) in [6, 6.07) is 5.09. The van der Waals surface area contributed by atoms with E-state index in [2.05, 4.69) is 10.6 Å². The maximum atomic E-state index is 12.0. The number of benzene rings is 1. The zero-order valence-electron chi connectivity index (χ0n) is 12.6. The van der Waals surface area contributed by atoms with Crippen LogP contribution in [0.4, 0.5) is 5.69 Å². The molecule has 2 rings (SSSR count). The van der Waals surface area contributed by atoms with Gasteiger partial charge in [-0.15, -0.1) is 0 Å². The van der Waals surface area contributed by atoms with Gasteiger partial charge < -0.3 is 15.7 Å². The highest BCUT2D eigenvalue weighted by Gasteiger charge is 2.28. The number of aliphatic hydroxyl groups is 1. The Balaban J connectivity index is 1.97. The molecular weight excluding hydrogens is 304 g/mol. The Bertz CT molecular complexity index is 562. The van der Waals surface area contributed by atoms with E-state index in [1.54, 1.807) is 12.1 Å². The number of rotatable bonds is 3. The van der Waals surface area contributed by atoms with E-state index in [0.717, 1.165) is 31.2 Å². The van der Waals surface area contributed by atoms with E-state index in [0.29, 0.717) is 10.7 Å². The lowest BCUT2D eigenvalue weighted by Gasteiger charge is -2.30. The molecule has 1 aromatic carbocycles. The van der Waals surface area contributed by atoms with Gasteiger partial charge in [-0.1, -0.05) is 36.6 Å². The van der Waals surface area contributed by atoms with Crippen molar-refractivity contribution in [3.63, 3.8) is 0 Å². The fraction of sp³-hybridized carbons (Fsp3) is 0.500. The summed E-state index contributed by atoms with van der Waals surface area (Å²) in [5.74, 6) is -1.41. The molecule has 1 aromatic rings. The minimum atomic E-state index is -0.741. The lowest BCUT2D eigenvalue weighted by molar-refractivity contribution is -0.137. The van der Waals surface area contributed by atoms with Crippen LogP contribution in [-0.2, 0) is 9.59 Å². The summed E-state index contributed by atoms with van der Waals surface area (Å²) in [6.07, 6.45) is 3.69. The van der Waals surface area contributed by atoms with Crippen molar-refractivity contribution in [3.8, 4) is 0 Å². The van der Waals surface area contributed by atoms with Gasteiger partial charge in [0.05, 0.1) is 10.7 Å². The van der Waals surface area contributed by atoms with Crippen molar-refractivity contribution in [3.05, 3.63) is 28.8 Å². The van der Waals surface area contributed by atoms with Crippen LogP contribution in [0.3, 0.4) is 0 Å². The number of aliphatic hydroxyl groups excluding tert-OH is 1. The first-order valence-corrected chi connectivity index (χ1v) is 7.88. The number of hydrogen-bond donors (Lipinski definition) is 3. The monoisotopic (exact) mass is 324 g/mol. The molecule has 0 bridgehead atoms. The fourth-order valence-corrected chi connectivity index (χ4v) is 2.95. The van der Waals surface area contributed by atoms with Crippen molar-refractivity contribution in [1.82, 2.24) is 5.32 Å². The Hall–Kier alpha value is -1.59. The van der Waals surface area contributed by atoms with Gasteiger partial charge in [-0.3, -0.25) is 9.59 Å². The second-order valence-electron chi connectivity index (χ2n) is 5.70. The molecule has 3 N–H and O–H groups in total. The van der Waals surface area contributed by atoms with Crippen molar-refractivity contribution in [2.45, 2.75) is 38.6 Å². The van der Waals surface area contributed by atoms with Crippen molar-refractivity contribution in [1.29, 1.82) is 0 Å². The van der Waals surface area contributed by atoms with Crippen LogP contribution in [0.1, 0.15) is 31.2 Å². The van der Waals surface area contributed by atoms with Crippen molar-refractivity contribution in [2.24, 2.45) is 5.92 Å². The normalized spacial score (nSPS) is 21.2. The SMILES string of the molecule is Cc1cccc(NC(=O)C(=O)NC2CCCCC2CO)c1Cl. The largest absolute Gasteiger partial charge is 0.396 e. The average Bonchev–Trinajstić information content (AvgIpc) is 2.52. The minimum absolute atomic E-state index is 0.0213. The van der Waals surface area contributed by atoms with E-state index in [9.17, 15) is 14.7 Å². The van der Waals surface area contributed by atoms with Gasteiger partial charge >= 0.3 is 11.8 Å². The smallest absolute Gasteiger partial charge is 0.313 e. The van der Waals surface area contributed by atoms with Gasteiger partial charge in [-0.2, -0.15) is 0 Å². The number of hydrogen-bond acceptors (Lipinski definition) is 3. The highest BCUT2D eigenvalue weighted by atomic mass is 35.5. The summed E-state index contributed by atoms with van der Waals surface area (Å²) >= 11 is 6.10. The lowest BCUT2D eigenvalue weighted by Crippen LogP contribution is -2.47. The Morgan fingerprint density at radius 2 is 2.00 bits per heavy atom. The molecule has 0 spiro atoms. The van der Waals surface area contributed by atoms with Crippen molar-refractivity contribution < 1.29 is 14.7 Å². The molecule has 0 saturated heterocycles. The van der Waals surface area contributed by atoms with Gasteiger partial charge in [0.25, 0.3) is 0 Å². The quantitative estimate of drug-likeness (QED) is 0.746. The molecule has 2 unspecified atom stereocenters. The van der Waals surface area contributed by atoms with Gasteiger partial charge in [0.2, 0.25) is 0 Å². The zero-order valence-corrected chi connectivity index (χ0v) is 13.3. The molecule has 1 fully saturated rings. The molecule has 5 nitrogen and oxygen atoms in total. The third-order valence-electron chi connectivity index (χ3n) is 4.11. The third-order valence-corrected chi connectivity index (χ3v) is 4.61. The first kappa shape index (κ1) is 16.8. The van der Waals surface area contributed by atoms with Crippen LogP contribution in [0.25, 0.3) is 0 Å². The van der Waals surface area contributed by atoms with Gasteiger partial charge in [-0.25, -0.2) is 0 Å². The summed E-state index contributed by atoms with van der Waals surface area (Å²) in [5, 5.41) is 15.0. The average molecular weight is 325 g/mol. The molecule has 2 atom stereocenters. The Labute approximate surface area is 135 Å². The number of carbonyl (C=O) groups is 2. The van der Waals surface area contributed by atoms with E-state index in [1.807, 2.05) is 13.0 Å². The standard InChI is InChI=1S/C16H21ClN2O3/c1-10-5-4-8-13(14(10)17)19-16(22)15(21)18-12-7-3-2-6-11(12)9-20/h4-5,8,11-12,20H,2-3,6-7,9H2,1H3,(H,18,21)(H,19,22). The van der Waals surface area contributed by atoms with Crippen LogP contribution >= 0.6 is 11.6 Å². The molecule has 22 heavy (non-hydrogen) atoms. The molecule has 2 amide bonds. The number of carbonyl (C=O) groups excluding carboxylic acids is 2. The van der Waals surface area contributed by atoms with Crippen LogP contribution in [0.15, 0.2) is 18.2 Å². The maximum Gasteiger partial charge on any atom is 0.313 e. The van der Waals surface area contributed by atoms with Gasteiger partial charge in [0, 0.05) is 18.6 Å². The third kappa shape index (κ3) is 3.99. The zero-order chi connectivity index (χ0) is 16.1. The van der Waals surface area contributed by atoms with E-state index in [1.165, 1.54) is 0 Å². The number of amides is 2. The Morgan fingerprint density at radius 1 is 1.27 bits per heavy atom. The highest BCUT2D eigenvalue weighted by molar-refractivity contribution is 6.41. The molecule has 0 heterocycles. The van der Waals surface area contributed by atoms with Gasteiger partial charge in [-0.05, 0) is 31.4 Å². The Kier molecular flexibility index (Phi) is 5.80. The van der Waals surface area contributed by atoms with Crippen LogP contribution in [0.5, 0.6) is 0 Å². The topological polar surface area (TPSA) is 78.4 Å². The maximum absolute atomic E-state index is 12.0. The van der Waals surface area contributed by atoms with E-state index >= 15 is 0 Å². The molecule has 0 aromatic heterocycles. The Morgan fingerprint density at radius 3 is 2.73 bits per heavy atom. The van der Waals surface area contributed by atoms with Crippen LogP contribution < -0.4 is 10.6 Å². The predicted molar refractivity (Wildman–Crippen MR) is 85.8 cm³/mol. The van der Waals surface area contributed by atoms with E-state index < -0.39 is 11.8 Å². The molecular formula is C16H21ClN2O3. The lowest BCUT2D eigenvalue weighted by atomic mass is 9.85. The molecule has 120 valence electrons. The van der Waals surface area contributed by atoms with Crippen LogP contribution in [-0.4, -0.2) is 29.6 Å². The number of halogens is 1. The second kappa shape index (κ2) is 7.61. The molecule has 1 aliphatic rings. The highest BCUT2D eigenvalue weighted by Crippen LogP contribution is 2.26. The first-order valence-electron chi connectivity index (χ1n) is 7.50. The summed E-state index contributed by atoms with van der Waals surface area (Å²) < 4.78 is 0. The van der Waals surface area contributed by atoms with E-state index in [-0.39, 0.29) is 18.6 Å². The summed E-state index contributed by atoms with van der Waals surface area (Å²) in [7, 11) is 0. The summed E-state index contributed by atoms with van der Waals surface area (Å²) in [6.45, 7) is 1.85. The summed E-state index contributed by atoms with van der Waals surface area (Å²) in [4.78, 5) is 24.0. The second-order valence-corrected chi connectivity index (χ2v) is 6.08. The molecule has 0 radical (unpaired) electrons. The number of anilines is 1. The number of aryl methyl sites for hydroxylation is 1. The first-order chi connectivity index (χ1) is 10.5. The molecule has 1 aliphatic carbocycles. The molecule has 1 saturated carbocycles. The minimum Gasteiger partial charge on any atom is -0.396 e. The van der Waals surface area contributed by atoms with Gasteiger partial charge in [0.1, 0.15) is 0 Å². The van der Waals surface area contributed by atoms with E-state index in [4.69, 9.17) is 11.6 Å². The van der Waals surface area contributed by atoms with Gasteiger partial charge in [0.15, 0.2) is 0 Å². The summed E-state index contributed by atoms with van der Waals surface area (Å²) in [5.41, 5.74) is 1.25. The fourth-order valence-electron chi connectivity index (χ4n) is 2.77. The van der Waals surface area contributed by atoms with Crippen LogP contribution in [0.2, 0.25) is 5.02 Å².